The van der Waals surface area contributed by atoms with Gasteiger partial charge in [0, 0.05) is 25.2 Å². The first-order valence-electron chi connectivity index (χ1n) is 13.3. The number of carbonyl (C=O) groups excluding carboxylic acids is 2. The molecule has 0 heterocycles. The lowest BCUT2D eigenvalue weighted by Crippen LogP contribution is -2.57. The molecule has 4 saturated carbocycles. The molecule has 0 aromatic heterocycles. The van der Waals surface area contributed by atoms with Gasteiger partial charge in [-0.25, -0.2) is 0 Å². The summed E-state index contributed by atoms with van der Waals surface area (Å²) in [6, 6.07) is 0. The maximum absolute atomic E-state index is 13.5. The fraction of sp³-hybridized carbons (Fsp3) is 0.862. The van der Waals surface area contributed by atoms with Gasteiger partial charge in [-0.3, -0.25) is 9.59 Å². The maximum Gasteiger partial charge on any atom is 0.136 e. The highest BCUT2D eigenvalue weighted by Crippen LogP contribution is 2.67. The van der Waals surface area contributed by atoms with Crippen LogP contribution in [0.3, 0.4) is 0 Å². The third-order valence-corrected chi connectivity index (χ3v) is 11.0. The summed E-state index contributed by atoms with van der Waals surface area (Å²) in [6.45, 7) is 14.4. The first kappa shape index (κ1) is 23.2. The van der Waals surface area contributed by atoms with E-state index in [1.807, 2.05) is 0 Å². The lowest BCUT2D eigenvalue weighted by molar-refractivity contribution is -0.158. The summed E-state index contributed by atoms with van der Waals surface area (Å²) in [5.74, 6) is 5.21. The Morgan fingerprint density at radius 3 is 2.32 bits per heavy atom. The molecule has 2 nitrogen and oxygen atoms in total. The fourth-order valence-electron chi connectivity index (χ4n) is 8.91. The van der Waals surface area contributed by atoms with Crippen LogP contribution >= 0.6 is 0 Å². The molecule has 0 aromatic carbocycles. The van der Waals surface area contributed by atoms with Crippen molar-refractivity contribution < 1.29 is 9.59 Å². The standard InChI is InChI=1S/C29H46O2/c1-7-20(18(2)3)9-8-19(4)23-10-11-24-27-25(13-15-29(23,24)6)28(5)14-12-22(30)16-21(28)17-26(27)31/h8-9,18-21,23-25,27H,7,10-17H2,1-6H3/t19-,20-,21+,23-,24+,25+,27+,28+,29-/m1/s1. The van der Waals surface area contributed by atoms with Crippen LogP contribution in [0.2, 0.25) is 0 Å². The summed E-state index contributed by atoms with van der Waals surface area (Å²) in [5, 5.41) is 0. The van der Waals surface area contributed by atoms with Crippen molar-refractivity contribution in [3.8, 4) is 0 Å². The second-order valence-corrected chi connectivity index (χ2v) is 12.6. The normalized spacial score (nSPS) is 44.8. The minimum absolute atomic E-state index is 0.211. The molecule has 0 aromatic rings. The van der Waals surface area contributed by atoms with Crippen molar-refractivity contribution in [2.75, 3.05) is 0 Å². The van der Waals surface area contributed by atoms with Crippen LogP contribution in [0.15, 0.2) is 12.2 Å². The van der Waals surface area contributed by atoms with Gasteiger partial charge in [-0.05, 0) is 90.8 Å². The summed E-state index contributed by atoms with van der Waals surface area (Å²) in [7, 11) is 0. The molecule has 0 radical (unpaired) electrons. The summed E-state index contributed by atoms with van der Waals surface area (Å²) >= 11 is 0. The highest BCUT2D eigenvalue weighted by Gasteiger charge is 2.62. The van der Waals surface area contributed by atoms with E-state index in [-0.39, 0.29) is 11.3 Å². The van der Waals surface area contributed by atoms with E-state index in [1.165, 1.54) is 32.1 Å². The van der Waals surface area contributed by atoms with Crippen LogP contribution in [0, 0.1) is 58.2 Å². The van der Waals surface area contributed by atoms with Crippen molar-refractivity contribution in [3.05, 3.63) is 12.2 Å². The van der Waals surface area contributed by atoms with Crippen LogP contribution in [-0.4, -0.2) is 11.6 Å². The van der Waals surface area contributed by atoms with Crippen LogP contribution in [0.4, 0.5) is 0 Å². The summed E-state index contributed by atoms with van der Waals surface area (Å²) in [5.41, 5.74) is 0.511. The largest absolute Gasteiger partial charge is 0.300 e. The van der Waals surface area contributed by atoms with Gasteiger partial charge in [0.05, 0.1) is 0 Å². The molecule has 174 valence electrons. The Balaban J connectivity index is 1.55. The Kier molecular flexibility index (Phi) is 6.34. The van der Waals surface area contributed by atoms with Crippen LogP contribution in [0.1, 0.15) is 99.3 Å². The Morgan fingerprint density at radius 1 is 0.935 bits per heavy atom. The van der Waals surface area contributed by atoms with Crippen molar-refractivity contribution in [1.82, 2.24) is 0 Å². The summed E-state index contributed by atoms with van der Waals surface area (Å²) in [6.07, 6.45) is 14.3. The Hall–Kier alpha value is -0.920. The number of carbonyl (C=O) groups is 2. The second kappa shape index (κ2) is 8.45. The van der Waals surface area contributed by atoms with Crippen molar-refractivity contribution in [2.24, 2.45) is 58.2 Å². The molecular formula is C29H46O2. The molecule has 31 heavy (non-hydrogen) atoms. The average Bonchev–Trinajstić information content (AvgIpc) is 3.06. The number of Topliss-reactive ketones (excluding diaryl/α,β-unsaturated/α-hetero) is 2. The molecule has 4 fully saturated rings. The second-order valence-electron chi connectivity index (χ2n) is 12.6. The molecule has 0 bridgehead atoms. The lowest BCUT2D eigenvalue weighted by Gasteiger charge is -2.59. The zero-order valence-corrected chi connectivity index (χ0v) is 21.0. The molecule has 0 spiro atoms. The van der Waals surface area contributed by atoms with E-state index in [9.17, 15) is 9.59 Å². The van der Waals surface area contributed by atoms with Crippen LogP contribution < -0.4 is 0 Å². The number of allylic oxidation sites excluding steroid dienone is 2. The van der Waals surface area contributed by atoms with Gasteiger partial charge in [-0.15, -0.1) is 0 Å². The van der Waals surface area contributed by atoms with E-state index in [2.05, 4.69) is 53.7 Å². The van der Waals surface area contributed by atoms with Crippen LogP contribution in [0.5, 0.6) is 0 Å². The Bertz CT molecular complexity index is 735. The average molecular weight is 427 g/mol. The predicted octanol–water partition coefficient (Wildman–Crippen LogP) is 7.27. The van der Waals surface area contributed by atoms with E-state index in [0.717, 1.165) is 12.8 Å². The Morgan fingerprint density at radius 2 is 1.65 bits per heavy atom. The van der Waals surface area contributed by atoms with Gasteiger partial charge in [-0.2, -0.15) is 0 Å². The number of hydrogen-bond acceptors (Lipinski definition) is 2. The molecule has 0 N–H and O–H groups in total. The van der Waals surface area contributed by atoms with Crippen LogP contribution in [-0.2, 0) is 9.59 Å². The van der Waals surface area contributed by atoms with Gasteiger partial charge in [-0.1, -0.05) is 53.7 Å². The summed E-state index contributed by atoms with van der Waals surface area (Å²) < 4.78 is 0. The van der Waals surface area contributed by atoms with E-state index in [4.69, 9.17) is 0 Å². The van der Waals surface area contributed by atoms with Crippen molar-refractivity contribution in [2.45, 2.75) is 99.3 Å². The molecule has 4 aliphatic carbocycles. The molecule has 0 saturated heterocycles. The maximum atomic E-state index is 13.5. The first-order valence-corrected chi connectivity index (χ1v) is 13.3. The van der Waals surface area contributed by atoms with Gasteiger partial charge in [0.2, 0.25) is 0 Å². The van der Waals surface area contributed by atoms with Crippen molar-refractivity contribution in [1.29, 1.82) is 0 Å². The minimum atomic E-state index is 0.211. The third-order valence-electron chi connectivity index (χ3n) is 11.0. The zero-order chi connectivity index (χ0) is 22.6. The third kappa shape index (κ3) is 3.78. The monoisotopic (exact) mass is 426 g/mol. The quantitative estimate of drug-likeness (QED) is 0.433. The molecule has 0 amide bonds. The Labute approximate surface area is 191 Å². The van der Waals surface area contributed by atoms with Crippen LogP contribution in [0.25, 0.3) is 0 Å². The highest BCUT2D eigenvalue weighted by molar-refractivity contribution is 5.86. The van der Waals surface area contributed by atoms with Gasteiger partial charge in [0.25, 0.3) is 0 Å². The fourth-order valence-corrected chi connectivity index (χ4v) is 8.91. The van der Waals surface area contributed by atoms with Gasteiger partial charge in [0.1, 0.15) is 11.6 Å². The topological polar surface area (TPSA) is 34.1 Å². The number of fused-ring (bicyclic) bond motifs is 5. The predicted molar refractivity (Wildman–Crippen MR) is 128 cm³/mol. The molecule has 2 heteroatoms. The van der Waals surface area contributed by atoms with E-state index in [1.54, 1.807) is 0 Å². The van der Waals surface area contributed by atoms with Crippen molar-refractivity contribution in [3.63, 3.8) is 0 Å². The zero-order valence-electron chi connectivity index (χ0n) is 21.0. The molecule has 0 unspecified atom stereocenters. The molecule has 9 atom stereocenters. The number of rotatable bonds is 5. The highest BCUT2D eigenvalue weighted by atomic mass is 16.1. The molecule has 4 aliphatic rings. The number of ketones is 2. The smallest absolute Gasteiger partial charge is 0.136 e. The number of hydrogen-bond donors (Lipinski definition) is 0. The van der Waals surface area contributed by atoms with E-state index in [0.29, 0.717) is 71.2 Å². The van der Waals surface area contributed by atoms with Gasteiger partial charge in [0.15, 0.2) is 0 Å². The lowest BCUT2D eigenvalue weighted by atomic mass is 9.44. The molecule has 0 aliphatic heterocycles. The summed E-state index contributed by atoms with van der Waals surface area (Å²) in [4.78, 5) is 25.6. The first-order chi connectivity index (χ1) is 14.6. The van der Waals surface area contributed by atoms with Gasteiger partial charge >= 0.3 is 0 Å². The van der Waals surface area contributed by atoms with E-state index >= 15 is 0 Å². The molecule has 4 rings (SSSR count). The van der Waals surface area contributed by atoms with E-state index < -0.39 is 0 Å². The minimum Gasteiger partial charge on any atom is -0.300 e. The molecular weight excluding hydrogens is 380 g/mol. The van der Waals surface area contributed by atoms with Crippen molar-refractivity contribution >= 4 is 11.6 Å². The van der Waals surface area contributed by atoms with Gasteiger partial charge < -0.3 is 0 Å². The SMILES string of the molecule is CC[C@H](C=C[C@@H](C)[C@H]1CC[C@H]2[C@@H]3C(=O)C[C@@H]4CC(=O)CC[C@]4(C)[C@H]3CC[C@]12C)C(C)C.